The molecule has 0 aromatic heterocycles. The quantitative estimate of drug-likeness (QED) is 0.726. The van der Waals surface area contributed by atoms with Crippen LogP contribution in [0.2, 0.25) is 0 Å². The molecule has 7 nitrogen and oxygen atoms in total. The molecule has 1 aliphatic heterocycles. The van der Waals surface area contributed by atoms with Crippen molar-refractivity contribution in [2.45, 2.75) is 25.8 Å². The first kappa shape index (κ1) is 19.3. The second kappa shape index (κ2) is 8.53. The van der Waals surface area contributed by atoms with E-state index in [0.29, 0.717) is 17.3 Å². The summed E-state index contributed by atoms with van der Waals surface area (Å²) in [6, 6.07) is 13.0. The van der Waals surface area contributed by atoms with Crippen LogP contribution in [0.25, 0.3) is 0 Å². The van der Waals surface area contributed by atoms with E-state index in [0.717, 1.165) is 56.1 Å². The van der Waals surface area contributed by atoms with Gasteiger partial charge in [0, 0.05) is 41.8 Å². The highest BCUT2D eigenvalue weighted by molar-refractivity contribution is 6.05. The second-order valence-corrected chi connectivity index (χ2v) is 7.50. The number of aryl methyl sites for hydroxylation is 1. The van der Waals surface area contributed by atoms with Gasteiger partial charge in [0.15, 0.2) is 0 Å². The van der Waals surface area contributed by atoms with Crippen molar-refractivity contribution in [3.8, 4) is 0 Å². The Hall–Kier alpha value is -3.06. The monoisotopic (exact) mass is 394 g/mol. The van der Waals surface area contributed by atoms with Crippen molar-refractivity contribution in [3.63, 3.8) is 0 Å². The third-order valence-corrected chi connectivity index (χ3v) is 5.15. The fraction of sp³-hybridized carbons (Fsp3) is 0.364. The molecule has 2 fully saturated rings. The van der Waals surface area contributed by atoms with Crippen molar-refractivity contribution < 1.29 is 14.3 Å². The van der Waals surface area contributed by atoms with Crippen molar-refractivity contribution in [2.24, 2.45) is 0 Å². The molecule has 0 radical (unpaired) electrons. The molecular weight excluding hydrogens is 368 g/mol. The Morgan fingerprint density at radius 3 is 2.38 bits per heavy atom. The number of urea groups is 1. The van der Waals surface area contributed by atoms with Gasteiger partial charge in [-0.15, -0.1) is 0 Å². The van der Waals surface area contributed by atoms with E-state index in [1.54, 1.807) is 24.3 Å². The molecule has 3 amide bonds. The molecular formula is C22H26N4O3. The summed E-state index contributed by atoms with van der Waals surface area (Å²) in [7, 11) is 0. The highest BCUT2D eigenvalue weighted by atomic mass is 16.5. The first-order valence-electron chi connectivity index (χ1n) is 10.0. The molecule has 2 aromatic carbocycles. The van der Waals surface area contributed by atoms with E-state index >= 15 is 0 Å². The highest BCUT2D eigenvalue weighted by Crippen LogP contribution is 2.24. The normalized spacial score (nSPS) is 16.2. The van der Waals surface area contributed by atoms with Crippen LogP contribution in [-0.2, 0) is 4.74 Å². The van der Waals surface area contributed by atoms with Gasteiger partial charge in [0.1, 0.15) is 0 Å². The van der Waals surface area contributed by atoms with Crippen LogP contribution < -0.4 is 20.9 Å². The molecule has 0 spiro atoms. The SMILES string of the molecule is Cc1cc(N2CCOCC2)ccc1NC(=O)c1ccc(NC(=O)NC2CC2)cc1. The molecule has 0 unspecified atom stereocenters. The summed E-state index contributed by atoms with van der Waals surface area (Å²) in [5.74, 6) is -0.179. The van der Waals surface area contributed by atoms with E-state index in [4.69, 9.17) is 4.74 Å². The highest BCUT2D eigenvalue weighted by Gasteiger charge is 2.23. The first-order valence-corrected chi connectivity index (χ1v) is 10.0. The largest absolute Gasteiger partial charge is 0.378 e. The van der Waals surface area contributed by atoms with Crippen LogP contribution >= 0.6 is 0 Å². The molecule has 3 N–H and O–H groups in total. The van der Waals surface area contributed by atoms with E-state index in [9.17, 15) is 9.59 Å². The predicted molar refractivity (Wildman–Crippen MR) is 114 cm³/mol. The van der Waals surface area contributed by atoms with Crippen LogP contribution in [0, 0.1) is 6.92 Å². The summed E-state index contributed by atoms with van der Waals surface area (Å²) >= 11 is 0. The lowest BCUT2D eigenvalue weighted by molar-refractivity contribution is 0.102. The van der Waals surface area contributed by atoms with Gasteiger partial charge in [0.2, 0.25) is 0 Å². The number of hydrogen-bond acceptors (Lipinski definition) is 4. The van der Waals surface area contributed by atoms with E-state index in [1.807, 2.05) is 19.1 Å². The summed E-state index contributed by atoms with van der Waals surface area (Å²) < 4.78 is 5.40. The van der Waals surface area contributed by atoms with E-state index < -0.39 is 0 Å². The fourth-order valence-corrected chi connectivity index (χ4v) is 3.29. The molecule has 0 bridgehead atoms. The number of morpholine rings is 1. The van der Waals surface area contributed by atoms with Crippen LogP contribution in [0.15, 0.2) is 42.5 Å². The number of carbonyl (C=O) groups is 2. The predicted octanol–water partition coefficient (Wildman–Crippen LogP) is 3.37. The van der Waals surface area contributed by atoms with Crippen molar-refractivity contribution >= 4 is 29.0 Å². The summed E-state index contributed by atoms with van der Waals surface area (Å²) in [5, 5.41) is 8.62. The van der Waals surface area contributed by atoms with Crippen molar-refractivity contribution in [1.29, 1.82) is 0 Å². The average molecular weight is 394 g/mol. The Morgan fingerprint density at radius 2 is 1.72 bits per heavy atom. The van der Waals surface area contributed by atoms with E-state index in [-0.39, 0.29) is 11.9 Å². The summed E-state index contributed by atoms with van der Waals surface area (Å²) in [6.45, 7) is 5.23. The lowest BCUT2D eigenvalue weighted by Crippen LogP contribution is -2.36. The number of ether oxygens (including phenoxy) is 1. The molecule has 7 heteroatoms. The van der Waals surface area contributed by atoms with Crippen molar-refractivity contribution in [3.05, 3.63) is 53.6 Å². The minimum absolute atomic E-state index is 0.179. The minimum atomic E-state index is -0.208. The Kier molecular flexibility index (Phi) is 5.67. The maximum Gasteiger partial charge on any atom is 0.319 e. The van der Waals surface area contributed by atoms with Gasteiger partial charge in [-0.25, -0.2) is 4.79 Å². The summed E-state index contributed by atoms with van der Waals surface area (Å²) in [5.41, 5.74) is 4.14. The third kappa shape index (κ3) is 5.06. The van der Waals surface area contributed by atoms with Gasteiger partial charge in [0.05, 0.1) is 13.2 Å². The van der Waals surface area contributed by atoms with Gasteiger partial charge in [-0.2, -0.15) is 0 Å². The zero-order valence-corrected chi connectivity index (χ0v) is 16.5. The molecule has 1 saturated carbocycles. The Labute approximate surface area is 170 Å². The van der Waals surface area contributed by atoms with Gasteiger partial charge in [-0.1, -0.05) is 0 Å². The van der Waals surface area contributed by atoms with E-state index in [1.165, 1.54) is 0 Å². The molecule has 1 aliphatic carbocycles. The molecule has 0 atom stereocenters. The van der Waals surface area contributed by atoms with Gasteiger partial charge < -0.3 is 25.6 Å². The van der Waals surface area contributed by atoms with Gasteiger partial charge in [-0.3, -0.25) is 4.79 Å². The number of nitrogens with one attached hydrogen (secondary N) is 3. The first-order chi connectivity index (χ1) is 14.1. The number of benzene rings is 2. The number of carbonyl (C=O) groups excluding carboxylic acids is 2. The van der Waals surface area contributed by atoms with Crippen LogP contribution in [-0.4, -0.2) is 44.3 Å². The fourth-order valence-electron chi connectivity index (χ4n) is 3.29. The van der Waals surface area contributed by atoms with Gasteiger partial charge >= 0.3 is 6.03 Å². The lowest BCUT2D eigenvalue weighted by atomic mass is 10.1. The van der Waals surface area contributed by atoms with Crippen LogP contribution in [0.3, 0.4) is 0 Å². The maximum absolute atomic E-state index is 12.6. The summed E-state index contributed by atoms with van der Waals surface area (Å²) in [4.78, 5) is 26.7. The average Bonchev–Trinajstić information content (AvgIpc) is 3.54. The topological polar surface area (TPSA) is 82.7 Å². The molecule has 4 rings (SSSR count). The van der Waals surface area contributed by atoms with Gasteiger partial charge in [0.25, 0.3) is 5.91 Å². The van der Waals surface area contributed by atoms with Crippen molar-refractivity contribution in [2.75, 3.05) is 41.8 Å². The molecule has 1 heterocycles. The van der Waals surface area contributed by atoms with E-state index in [2.05, 4.69) is 26.9 Å². The summed E-state index contributed by atoms with van der Waals surface area (Å²) in [6.07, 6.45) is 2.08. The molecule has 152 valence electrons. The van der Waals surface area contributed by atoms with Crippen molar-refractivity contribution in [1.82, 2.24) is 5.32 Å². The Morgan fingerprint density at radius 1 is 1.00 bits per heavy atom. The lowest BCUT2D eigenvalue weighted by Gasteiger charge is -2.29. The number of hydrogen-bond donors (Lipinski definition) is 3. The van der Waals surface area contributed by atoms with Crippen LogP contribution in [0.4, 0.5) is 21.9 Å². The molecule has 2 aromatic rings. The minimum Gasteiger partial charge on any atom is -0.378 e. The smallest absolute Gasteiger partial charge is 0.319 e. The zero-order valence-electron chi connectivity index (χ0n) is 16.5. The number of anilines is 3. The van der Waals surface area contributed by atoms with Crippen LogP contribution in [0.5, 0.6) is 0 Å². The Bertz CT molecular complexity index is 887. The molecule has 29 heavy (non-hydrogen) atoms. The number of nitrogens with zero attached hydrogens (tertiary/aromatic N) is 1. The second-order valence-electron chi connectivity index (χ2n) is 7.50. The third-order valence-electron chi connectivity index (χ3n) is 5.15. The Balaban J connectivity index is 1.36. The van der Waals surface area contributed by atoms with Crippen LogP contribution in [0.1, 0.15) is 28.8 Å². The number of rotatable bonds is 5. The maximum atomic E-state index is 12.6. The standard InChI is InChI=1S/C22H26N4O3/c1-15-14-19(26-10-12-29-13-11-26)8-9-20(15)25-21(27)16-2-4-17(5-3-16)23-22(28)24-18-6-7-18/h2-5,8-9,14,18H,6-7,10-13H2,1H3,(H,25,27)(H2,23,24,28). The molecule has 1 saturated heterocycles. The van der Waals surface area contributed by atoms with Gasteiger partial charge in [-0.05, 0) is 67.8 Å². The zero-order chi connectivity index (χ0) is 20.2. The molecule has 2 aliphatic rings. The number of amides is 3.